The van der Waals surface area contributed by atoms with Crippen LogP contribution in [-0.4, -0.2) is 34.3 Å². The van der Waals surface area contributed by atoms with Gasteiger partial charge >= 0.3 is 0 Å². The lowest BCUT2D eigenvalue weighted by atomic mass is 10.1. The normalized spacial score (nSPS) is 16.9. The molecule has 3 aromatic rings. The van der Waals surface area contributed by atoms with Crippen LogP contribution in [0.1, 0.15) is 29.7 Å². The molecular weight excluding hydrogens is 338 g/mol. The maximum Gasteiger partial charge on any atom is 0.151 e. The van der Waals surface area contributed by atoms with E-state index in [0.717, 1.165) is 49.6 Å². The van der Waals surface area contributed by atoms with E-state index in [2.05, 4.69) is 46.2 Å². The van der Waals surface area contributed by atoms with Crippen molar-refractivity contribution in [3.8, 4) is 11.3 Å². The largest absolute Gasteiger partial charge is 0.377 e. The van der Waals surface area contributed by atoms with Crippen LogP contribution in [-0.2, 0) is 17.8 Å². The minimum atomic E-state index is 0.301. The molecule has 1 aliphatic heterocycles. The number of rotatable bonds is 7. The molecule has 4 rings (SSSR count). The number of aromatic nitrogens is 2. The lowest BCUT2D eigenvalue weighted by Crippen LogP contribution is -2.31. The predicted molar refractivity (Wildman–Crippen MR) is 104 cm³/mol. The van der Waals surface area contributed by atoms with Crippen LogP contribution in [0.2, 0.25) is 0 Å². The van der Waals surface area contributed by atoms with E-state index in [4.69, 9.17) is 9.26 Å². The summed E-state index contributed by atoms with van der Waals surface area (Å²) in [7, 11) is 0. The second-order valence-corrected chi connectivity index (χ2v) is 7.15. The molecule has 3 heterocycles. The van der Waals surface area contributed by atoms with Crippen LogP contribution < -0.4 is 0 Å². The molecular formula is C22H25N3O2. The Hall–Kier alpha value is -2.50. The molecule has 0 amide bonds. The summed E-state index contributed by atoms with van der Waals surface area (Å²) in [6.07, 6.45) is 6.14. The third-order valence-corrected chi connectivity index (χ3v) is 5.04. The molecule has 0 unspecified atom stereocenters. The molecule has 140 valence electrons. The van der Waals surface area contributed by atoms with E-state index in [1.54, 1.807) is 12.4 Å². The van der Waals surface area contributed by atoms with Crippen molar-refractivity contribution in [2.45, 2.75) is 39.0 Å². The van der Waals surface area contributed by atoms with Crippen molar-refractivity contribution in [2.24, 2.45) is 0 Å². The SMILES string of the molecule is Cc1ccccc1CN(Cc1cc(-c2cccnc2)no1)C[C@H]1CCCO1. The van der Waals surface area contributed by atoms with Gasteiger partial charge in [0.05, 0.1) is 12.6 Å². The minimum absolute atomic E-state index is 0.301. The number of pyridine rings is 1. The summed E-state index contributed by atoms with van der Waals surface area (Å²) < 4.78 is 11.5. The average Bonchev–Trinajstić information content (AvgIpc) is 3.36. The van der Waals surface area contributed by atoms with Crippen molar-refractivity contribution in [1.29, 1.82) is 0 Å². The van der Waals surface area contributed by atoms with Crippen molar-refractivity contribution in [2.75, 3.05) is 13.2 Å². The Morgan fingerprint density at radius 3 is 2.85 bits per heavy atom. The van der Waals surface area contributed by atoms with Crippen molar-refractivity contribution < 1.29 is 9.26 Å². The standard InChI is InChI=1S/C22H25N3O2/c1-17-6-2-3-7-19(17)14-25(15-20-9-5-11-26-20)16-21-12-22(24-27-21)18-8-4-10-23-13-18/h2-4,6-8,10,12-13,20H,5,9,11,14-16H2,1H3/t20-/m1/s1. The summed E-state index contributed by atoms with van der Waals surface area (Å²) in [5.41, 5.74) is 4.44. The predicted octanol–water partition coefficient (Wildman–Crippen LogP) is 4.23. The van der Waals surface area contributed by atoms with E-state index in [9.17, 15) is 0 Å². The topological polar surface area (TPSA) is 51.4 Å². The summed E-state index contributed by atoms with van der Waals surface area (Å²) in [5.74, 6) is 0.862. The van der Waals surface area contributed by atoms with Crippen LogP contribution in [0.25, 0.3) is 11.3 Å². The number of hydrogen-bond donors (Lipinski definition) is 0. The first-order valence-electron chi connectivity index (χ1n) is 9.52. The Balaban J connectivity index is 1.50. The van der Waals surface area contributed by atoms with Crippen LogP contribution in [0, 0.1) is 6.92 Å². The fourth-order valence-electron chi connectivity index (χ4n) is 3.55. The van der Waals surface area contributed by atoms with Crippen LogP contribution in [0.4, 0.5) is 0 Å². The second-order valence-electron chi connectivity index (χ2n) is 7.15. The van der Waals surface area contributed by atoms with E-state index in [-0.39, 0.29) is 0 Å². The number of nitrogens with zero attached hydrogens (tertiary/aromatic N) is 3. The molecule has 5 nitrogen and oxygen atoms in total. The van der Waals surface area contributed by atoms with Crippen molar-refractivity contribution in [3.63, 3.8) is 0 Å². The molecule has 0 spiro atoms. The summed E-state index contributed by atoms with van der Waals surface area (Å²) in [4.78, 5) is 6.55. The number of ether oxygens (including phenoxy) is 1. The molecule has 0 bridgehead atoms. The van der Waals surface area contributed by atoms with Gasteiger partial charge in [0.1, 0.15) is 5.69 Å². The van der Waals surface area contributed by atoms with Crippen molar-refractivity contribution in [1.82, 2.24) is 15.0 Å². The average molecular weight is 363 g/mol. The first-order valence-corrected chi connectivity index (χ1v) is 9.52. The quantitative estimate of drug-likeness (QED) is 0.629. The molecule has 1 atom stereocenters. The van der Waals surface area contributed by atoms with Gasteiger partial charge in [-0.1, -0.05) is 29.4 Å². The van der Waals surface area contributed by atoms with Crippen molar-refractivity contribution in [3.05, 3.63) is 71.7 Å². The molecule has 1 aromatic carbocycles. The highest BCUT2D eigenvalue weighted by Crippen LogP contribution is 2.22. The molecule has 1 saturated heterocycles. The molecule has 0 aliphatic carbocycles. The van der Waals surface area contributed by atoms with Gasteiger partial charge in [-0.3, -0.25) is 9.88 Å². The van der Waals surface area contributed by atoms with Crippen LogP contribution in [0.15, 0.2) is 59.4 Å². The van der Waals surface area contributed by atoms with Gasteiger partial charge in [0.25, 0.3) is 0 Å². The summed E-state index contributed by atoms with van der Waals surface area (Å²) in [6, 6.07) is 14.4. The van der Waals surface area contributed by atoms with Crippen molar-refractivity contribution >= 4 is 0 Å². The van der Waals surface area contributed by atoms with Gasteiger partial charge in [-0.25, -0.2) is 0 Å². The van der Waals surface area contributed by atoms with E-state index in [0.29, 0.717) is 12.6 Å². The van der Waals surface area contributed by atoms with Gasteiger partial charge in [0.15, 0.2) is 5.76 Å². The van der Waals surface area contributed by atoms with Gasteiger partial charge in [0, 0.05) is 43.7 Å². The van der Waals surface area contributed by atoms with E-state index >= 15 is 0 Å². The van der Waals surface area contributed by atoms with Gasteiger partial charge in [-0.2, -0.15) is 0 Å². The smallest absolute Gasteiger partial charge is 0.151 e. The third kappa shape index (κ3) is 4.62. The van der Waals surface area contributed by atoms with Gasteiger partial charge in [-0.05, 0) is 43.0 Å². The van der Waals surface area contributed by atoms with E-state index < -0.39 is 0 Å². The lowest BCUT2D eigenvalue weighted by molar-refractivity contribution is 0.0646. The lowest BCUT2D eigenvalue weighted by Gasteiger charge is -2.24. The van der Waals surface area contributed by atoms with Crippen LogP contribution in [0.5, 0.6) is 0 Å². The second kappa shape index (κ2) is 8.46. The minimum Gasteiger partial charge on any atom is -0.377 e. The Bertz CT molecular complexity index is 857. The molecule has 0 radical (unpaired) electrons. The third-order valence-electron chi connectivity index (χ3n) is 5.04. The maximum atomic E-state index is 5.87. The zero-order chi connectivity index (χ0) is 18.5. The summed E-state index contributed by atoms with van der Waals surface area (Å²) >= 11 is 0. The Morgan fingerprint density at radius 2 is 2.07 bits per heavy atom. The fourth-order valence-corrected chi connectivity index (χ4v) is 3.55. The number of hydrogen-bond acceptors (Lipinski definition) is 5. The highest BCUT2D eigenvalue weighted by atomic mass is 16.5. The van der Waals surface area contributed by atoms with Crippen LogP contribution >= 0.6 is 0 Å². The zero-order valence-electron chi connectivity index (χ0n) is 15.7. The Morgan fingerprint density at radius 1 is 1.15 bits per heavy atom. The number of aryl methyl sites for hydroxylation is 1. The van der Waals surface area contributed by atoms with E-state index in [1.807, 2.05) is 18.2 Å². The Kier molecular flexibility index (Phi) is 5.61. The van der Waals surface area contributed by atoms with Crippen LogP contribution in [0.3, 0.4) is 0 Å². The van der Waals surface area contributed by atoms with Gasteiger partial charge in [-0.15, -0.1) is 0 Å². The first kappa shape index (κ1) is 17.9. The maximum absolute atomic E-state index is 5.87. The van der Waals surface area contributed by atoms with Gasteiger partial charge < -0.3 is 9.26 Å². The van der Waals surface area contributed by atoms with Gasteiger partial charge in [0.2, 0.25) is 0 Å². The highest BCUT2D eigenvalue weighted by molar-refractivity contribution is 5.57. The molecule has 27 heavy (non-hydrogen) atoms. The molecule has 1 aliphatic rings. The van der Waals surface area contributed by atoms with E-state index in [1.165, 1.54) is 11.1 Å². The highest BCUT2D eigenvalue weighted by Gasteiger charge is 2.21. The molecule has 2 aromatic heterocycles. The summed E-state index contributed by atoms with van der Waals surface area (Å²) in [6.45, 7) is 5.51. The molecule has 5 heteroatoms. The zero-order valence-corrected chi connectivity index (χ0v) is 15.7. The summed E-state index contributed by atoms with van der Waals surface area (Å²) in [5, 5.41) is 4.22. The molecule has 0 saturated carbocycles. The fraction of sp³-hybridized carbons (Fsp3) is 0.364. The first-order chi connectivity index (χ1) is 13.3. The molecule has 1 fully saturated rings. The number of benzene rings is 1. The monoisotopic (exact) mass is 363 g/mol. The Labute approximate surface area is 160 Å². The molecule has 0 N–H and O–H groups in total.